The van der Waals surface area contributed by atoms with Crippen molar-refractivity contribution in [1.82, 2.24) is 4.98 Å². The number of nitrogens with zero attached hydrogens (tertiary/aromatic N) is 2. The van der Waals surface area contributed by atoms with Gasteiger partial charge in [-0.25, -0.2) is 4.98 Å². The standard InChI is InChI=1S/C9H14N2P2S/c1-6-4-7(13)10-9(8(6)14-3)11(2)5-12/h4-5,12H,13H2,1-3H3. The van der Waals surface area contributed by atoms with E-state index in [0.717, 1.165) is 11.3 Å². The van der Waals surface area contributed by atoms with Gasteiger partial charge in [-0.05, 0) is 24.8 Å². The van der Waals surface area contributed by atoms with E-state index in [1.54, 1.807) is 11.8 Å². The lowest BCUT2D eigenvalue weighted by molar-refractivity contribution is 1.12. The quantitative estimate of drug-likeness (QED) is 0.597. The molecular formula is C9H14N2P2S. The molecule has 1 aromatic rings. The van der Waals surface area contributed by atoms with Crippen LogP contribution in [0.4, 0.5) is 5.82 Å². The zero-order valence-electron chi connectivity index (χ0n) is 8.53. The largest absolute Gasteiger partial charge is 0.332 e. The zero-order valence-corrected chi connectivity index (χ0v) is 11.5. The third-order valence-corrected chi connectivity index (χ3v) is 3.49. The number of thioether (sulfide) groups is 1. The van der Waals surface area contributed by atoms with Crippen LogP contribution in [0.1, 0.15) is 5.56 Å². The molecule has 0 saturated carbocycles. The molecule has 0 bridgehead atoms. The summed E-state index contributed by atoms with van der Waals surface area (Å²) in [6.07, 6.45) is 2.07. The van der Waals surface area contributed by atoms with Crippen LogP contribution < -0.4 is 10.3 Å². The molecule has 0 fully saturated rings. The van der Waals surface area contributed by atoms with Crippen molar-refractivity contribution in [2.24, 2.45) is 0 Å². The number of hydrogen-bond donors (Lipinski definition) is 0. The molecule has 0 aliphatic heterocycles. The first-order valence-electron chi connectivity index (χ1n) is 4.14. The maximum atomic E-state index is 4.48. The van der Waals surface area contributed by atoms with Crippen LogP contribution in [-0.2, 0) is 0 Å². The number of hydrogen-bond acceptors (Lipinski definition) is 2. The minimum absolute atomic E-state index is 0.968. The van der Waals surface area contributed by atoms with Gasteiger partial charge >= 0.3 is 0 Å². The van der Waals surface area contributed by atoms with Gasteiger partial charge in [-0.1, -0.05) is 9.24 Å². The van der Waals surface area contributed by atoms with E-state index in [2.05, 4.69) is 42.3 Å². The monoisotopic (exact) mass is 244 g/mol. The zero-order chi connectivity index (χ0) is 10.7. The maximum absolute atomic E-state index is 4.48. The van der Waals surface area contributed by atoms with Crippen LogP contribution in [0.3, 0.4) is 0 Å². The number of anilines is 1. The van der Waals surface area contributed by atoms with Crippen LogP contribution in [0.15, 0.2) is 11.0 Å². The van der Waals surface area contributed by atoms with Crippen LogP contribution in [0.5, 0.6) is 0 Å². The molecule has 2 nitrogen and oxygen atoms in total. The first-order valence-corrected chi connectivity index (χ1v) is 6.52. The summed E-state index contributed by atoms with van der Waals surface area (Å²) in [5.41, 5.74) is 2.23. The number of aromatic nitrogens is 1. The molecule has 0 spiro atoms. The Labute approximate surface area is 93.9 Å². The highest BCUT2D eigenvalue weighted by Crippen LogP contribution is 2.28. The van der Waals surface area contributed by atoms with Gasteiger partial charge in [-0.3, -0.25) is 0 Å². The van der Waals surface area contributed by atoms with Crippen LogP contribution in [0.25, 0.3) is 0 Å². The fraction of sp³-hybridized carbons (Fsp3) is 0.333. The molecule has 76 valence electrons. The fourth-order valence-corrected chi connectivity index (χ4v) is 2.47. The SMILES string of the molecule is CSc1c(C)cc(P)nc1N(C)C=P. The summed E-state index contributed by atoms with van der Waals surface area (Å²) in [6.45, 7) is 2.10. The Balaban J connectivity index is 3.31. The minimum Gasteiger partial charge on any atom is -0.332 e. The van der Waals surface area contributed by atoms with Crippen molar-refractivity contribution < 1.29 is 0 Å². The Kier molecular flexibility index (Phi) is 4.37. The van der Waals surface area contributed by atoms with Crippen LogP contribution in [-0.4, -0.2) is 24.2 Å². The summed E-state index contributed by atoms with van der Waals surface area (Å²) in [4.78, 5) is 7.66. The average molecular weight is 244 g/mol. The molecular weight excluding hydrogens is 230 g/mol. The third kappa shape index (κ3) is 2.48. The Morgan fingerprint density at radius 2 is 2.29 bits per heavy atom. The smallest absolute Gasteiger partial charge is 0.147 e. The molecule has 1 rings (SSSR count). The van der Waals surface area contributed by atoms with Crippen molar-refractivity contribution in [2.75, 3.05) is 18.2 Å². The Morgan fingerprint density at radius 1 is 1.64 bits per heavy atom. The number of aryl methyl sites for hydroxylation is 1. The fourth-order valence-electron chi connectivity index (χ4n) is 1.22. The lowest BCUT2D eigenvalue weighted by Gasteiger charge is -2.17. The number of rotatable bonds is 3. The predicted octanol–water partition coefficient (Wildman–Crippen LogP) is 1.95. The highest BCUT2D eigenvalue weighted by Gasteiger charge is 2.10. The lowest BCUT2D eigenvalue weighted by Crippen LogP contribution is -2.18. The van der Waals surface area contributed by atoms with Gasteiger partial charge in [0.15, 0.2) is 0 Å². The Bertz CT molecular complexity index is 355. The Hall–Kier alpha value is -0.100. The molecule has 5 heteroatoms. The third-order valence-electron chi connectivity index (χ3n) is 1.89. The highest BCUT2D eigenvalue weighted by molar-refractivity contribution is 7.98. The molecule has 0 aromatic carbocycles. The van der Waals surface area contributed by atoms with Crippen molar-refractivity contribution in [3.05, 3.63) is 11.6 Å². The van der Waals surface area contributed by atoms with E-state index in [0.29, 0.717) is 0 Å². The second-order valence-corrected chi connectivity index (χ2v) is 4.63. The first-order chi connectivity index (χ1) is 6.60. The van der Waals surface area contributed by atoms with Gasteiger partial charge in [0.1, 0.15) is 5.82 Å². The van der Waals surface area contributed by atoms with Gasteiger partial charge in [0.2, 0.25) is 0 Å². The minimum atomic E-state index is 0.968. The predicted molar refractivity (Wildman–Crippen MR) is 72.9 cm³/mol. The molecule has 0 radical (unpaired) electrons. The maximum Gasteiger partial charge on any atom is 0.147 e. The van der Waals surface area contributed by atoms with E-state index >= 15 is 0 Å². The van der Waals surface area contributed by atoms with Gasteiger partial charge in [0.25, 0.3) is 0 Å². The summed E-state index contributed by atoms with van der Waals surface area (Å²) >= 11 is 1.72. The molecule has 0 aliphatic rings. The summed E-state index contributed by atoms with van der Waals surface area (Å²) in [5, 5.41) is 0. The molecule has 1 aromatic heterocycles. The van der Waals surface area contributed by atoms with Gasteiger partial charge in [-0.2, -0.15) is 0 Å². The van der Waals surface area contributed by atoms with Gasteiger partial charge < -0.3 is 4.90 Å². The van der Waals surface area contributed by atoms with Crippen molar-refractivity contribution in [3.8, 4) is 0 Å². The average Bonchev–Trinajstić information content (AvgIpc) is 2.15. The van der Waals surface area contributed by atoms with Gasteiger partial charge in [-0.15, -0.1) is 20.6 Å². The van der Waals surface area contributed by atoms with E-state index < -0.39 is 0 Å². The van der Waals surface area contributed by atoms with E-state index in [4.69, 9.17) is 0 Å². The van der Waals surface area contributed by atoms with Crippen molar-refractivity contribution >= 4 is 47.0 Å². The Morgan fingerprint density at radius 3 is 2.79 bits per heavy atom. The van der Waals surface area contributed by atoms with Crippen molar-refractivity contribution in [2.45, 2.75) is 11.8 Å². The second-order valence-electron chi connectivity index (χ2n) is 2.96. The molecule has 1 unspecified atom stereocenters. The van der Waals surface area contributed by atoms with E-state index in [1.165, 1.54) is 10.5 Å². The topological polar surface area (TPSA) is 16.1 Å². The van der Waals surface area contributed by atoms with Crippen LogP contribution in [0, 0.1) is 6.92 Å². The normalized spacial score (nSPS) is 10.0. The molecule has 0 aliphatic carbocycles. The summed E-state index contributed by atoms with van der Waals surface area (Å²) in [6, 6.07) is 2.07. The first kappa shape index (κ1) is 12.0. The van der Waals surface area contributed by atoms with E-state index in [1.807, 2.05) is 17.9 Å². The van der Waals surface area contributed by atoms with Crippen LogP contribution >= 0.6 is 29.9 Å². The highest BCUT2D eigenvalue weighted by atomic mass is 32.2. The second kappa shape index (κ2) is 5.11. The van der Waals surface area contributed by atoms with Crippen molar-refractivity contribution in [3.63, 3.8) is 0 Å². The molecule has 0 saturated heterocycles. The van der Waals surface area contributed by atoms with Gasteiger partial charge in [0, 0.05) is 13.0 Å². The number of pyridine rings is 1. The molecule has 0 amide bonds. The summed E-state index contributed by atoms with van der Waals surface area (Å²) < 4.78 is 0. The molecule has 0 N–H and O–H groups in total. The summed E-state index contributed by atoms with van der Waals surface area (Å²) in [7, 11) is 7.96. The lowest BCUT2D eigenvalue weighted by atomic mass is 10.3. The summed E-state index contributed by atoms with van der Waals surface area (Å²) in [5.74, 6) is 2.81. The van der Waals surface area contributed by atoms with Gasteiger partial charge in [0.05, 0.1) is 10.3 Å². The van der Waals surface area contributed by atoms with E-state index in [9.17, 15) is 0 Å². The molecule has 1 heterocycles. The van der Waals surface area contributed by atoms with Crippen molar-refractivity contribution in [1.29, 1.82) is 0 Å². The molecule has 14 heavy (non-hydrogen) atoms. The van der Waals surface area contributed by atoms with Crippen LogP contribution in [0.2, 0.25) is 0 Å². The van der Waals surface area contributed by atoms with E-state index in [-0.39, 0.29) is 0 Å². The molecule has 1 atom stereocenters.